The molecule has 0 fully saturated rings. The molecule has 0 aliphatic heterocycles. The number of aryl methyl sites for hydroxylation is 1. The van der Waals surface area contributed by atoms with Crippen molar-refractivity contribution in [2.24, 2.45) is 0 Å². The first-order valence-electron chi connectivity index (χ1n) is 7.93. The predicted molar refractivity (Wildman–Crippen MR) is 103 cm³/mol. The summed E-state index contributed by atoms with van der Waals surface area (Å²) in [4.78, 5) is 12.4. The molecule has 7 nitrogen and oxygen atoms in total. The van der Waals surface area contributed by atoms with Crippen molar-refractivity contribution in [1.82, 2.24) is 19.6 Å². The number of ether oxygens (including phenoxy) is 1. The van der Waals surface area contributed by atoms with Crippen molar-refractivity contribution in [2.75, 3.05) is 5.32 Å². The van der Waals surface area contributed by atoms with Gasteiger partial charge < -0.3 is 10.1 Å². The van der Waals surface area contributed by atoms with Gasteiger partial charge in [-0.2, -0.15) is 10.2 Å². The van der Waals surface area contributed by atoms with E-state index in [0.29, 0.717) is 22.2 Å². The monoisotopic (exact) mass is 437 g/mol. The molecule has 0 spiro atoms. The van der Waals surface area contributed by atoms with Gasteiger partial charge in [0.1, 0.15) is 5.75 Å². The highest BCUT2D eigenvalue weighted by molar-refractivity contribution is 9.10. The fourth-order valence-corrected chi connectivity index (χ4v) is 3.08. The van der Waals surface area contributed by atoms with Crippen LogP contribution in [0.3, 0.4) is 0 Å². The molecule has 0 bridgehead atoms. The quantitative estimate of drug-likeness (QED) is 0.628. The second-order valence-electron chi connectivity index (χ2n) is 5.50. The third-order valence-corrected chi connectivity index (χ3v) is 4.56. The highest BCUT2D eigenvalue weighted by atomic mass is 79.9. The van der Waals surface area contributed by atoms with E-state index in [0.717, 1.165) is 16.7 Å². The Kier molecular flexibility index (Phi) is 5.63. The van der Waals surface area contributed by atoms with Crippen LogP contribution >= 0.6 is 27.5 Å². The van der Waals surface area contributed by atoms with Crippen LogP contribution in [0.2, 0.25) is 5.02 Å². The normalized spacial score (nSPS) is 10.8. The summed E-state index contributed by atoms with van der Waals surface area (Å²) >= 11 is 9.46. The molecule has 1 aromatic carbocycles. The minimum atomic E-state index is -0.302. The molecule has 26 heavy (non-hydrogen) atoms. The maximum absolute atomic E-state index is 12.4. The molecule has 0 atom stereocenters. The minimum absolute atomic E-state index is 0.140. The van der Waals surface area contributed by atoms with Crippen LogP contribution in [0.5, 0.6) is 5.75 Å². The molecule has 3 aromatic rings. The molecule has 136 valence electrons. The fraction of sp³-hybridized carbons (Fsp3) is 0.235. The van der Waals surface area contributed by atoms with Crippen molar-refractivity contribution < 1.29 is 9.53 Å². The molecular weight excluding hydrogens is 422 g/mol. The van der Waals surface area contributed by atoms with Gasteiger partial charge in [0.15, 0.2) is 12.4 Å². The molecule has 0 saturated heterocycles. The SMILES string of the molecule is CCn1ncc(NC(=O)c2ccn(COc3ccc(Br)cc3Cl)n2)c1C. The van der Waals surface area contributed by atoms with E-state index >= 15 is 0 Å². The molecule has 0 aliphatic carbocycles. The predicted octanol–water partition coefficient (Wildman–Crippen LogP) is 4.11. The Bertz CT molecular complexity index is 937. The van der Waals surface area contributed by atoms with Crippen LogP contribution in [-0.2, 0) is 13.3 Å². The van der Waals surface area contributed by atoms with Gasteiger partial charge in [-0.15, -0.1) is 0 Å². The molecule has 0 unspecified atom stereocenters. The van der Waals surface area contributed by atoms with Gasteiger partial charge in [0.05, 0.1) is 22.6 Å². The van der Waals surface area contributed by atoms with Gasteiger partial charge >= 0.3 is 0 Å². The van der Waals surface area contributed by atoms with Crippen LogP contribution < -0.4 is 10.1 Å². The van der Waals surface area contributed by atoms with E-state index in [2.05, 4.69) is 31.4 Å². The highest BCUT2D eigenvalue weighted by Crippen LogP contribution is 2.27. The van der Waals surface area contributed by atoms with E-state index in [1.54, 1.807) is 30.6 Å². The van der Waals surface area contributed by atoms with E-state index in [1.165, 1.54) is 4.68 Å². The molecule has 9 heteroatoms. The molecule has 0 radical (unpaired) electrons. The summed E-state index contributed by atoms with van der Waals surface area (Å²) in [6, 6.07) is 6.97. The molecule has 2 heterocycles. The van der Waals surface area contributed by atoms with Gasteiger partial charge in [0.2, 0.25) is 0 Å². The number of carbonyl (C=O) groups excluding carboxylic acids is 1. The number of anilines is 1. The van der Waals surface area contributed by atoms with Gasteiger partial charge in [-0.1, -0.05) is 27.5 Å². The Labute approximate surface area is 164 Å². The van der Waals surface area contributed by atoms with Gasteiger partial charge in [0, 0.05) is 17.2 Å². The maximum atomic E-state index is 12.4. The summed E-state index contributed by atoms with van der Waals surface area (Å²) in [7, 11) is 0. The van der Waals surface area contributed by atoms with E-state index in [4.69, 9.17) is 16.3 Å². The lowest BCUT2D eigenvalue weighted by Gasteiger charge is -2.08. The average molecular weight is 439 g/mol. The zero-order valence-corrected chi connectivity index (χ0v) is 16.6. The van der Waals surface area contributed by atoms with E-state index in [9.17, 15) is 4.79 Å². The van der Waals surface area contributed by atoms with Crippen LogP contribution in [0.4, 0.5) is 5.69 Å². The third kappa shape index (κ3) is 4.08. The summed E-state index contributed by atoms with van der Waals surface area (Å²) < 4.78 is 9.83. The first-order valence-corrected chi connectivity index (χ1v) is 9.10. The summed E-state index contributed by atoms with van der Waals surface area (Å²) in [6.45, 7) is 4.78. The lowest BCUT2D eigenvalue weighted by molar-refractivity contribution is 0.102. The summed E-state index contributed by atoms with van der Waals surface area (Å²) in [5.74, 6) is 0.239. The molecule has 2 aromatic heterocycles. The number of carbonyl (C=O) groups is 1. The molecule has 0 aliphatic rings. The number of halogens is 2. The van der Waals surface area contributed by atoms with Gasteiger partial charge in [-0.05, 0) is 38.1 Å². The van der Waals surface area contributed by atoms with Crippen molar-refractivity contribution in [3.05, 3.63) is 57.5 Å². The minimum Gasteiger partial charge on any atom is -0.470 e. The largest absolute Gasteiger partial charge is 0.470 e. The average Bonchev–Trinajstić information content (AvgIpc) is 3.22. The second kappa shape index (κ2) is 7.92. The fourth-order valence-electron chi connectivity index (χ4n) is 2.36. The Balaban J connectivity index is 1.63. The summed E-state index contributed by atoms with van der Waals surface area (Å²) in [5, 5.41) is 11.7. The molecule has 0 saturated carbocycles. The van der Waals surface area contributed by atoms with Crippen LogP contribution in [-0.4, -0.2) is 25.5 Å². The zero-order chi connectivity index (χ0) is 18.7. The van der Waals surface area contributed by atoms with Crippen molar-refractivity contribution in [3.63, 3.8) is 0 Å². The van der Waals surface area contributed by atoms with Crippen LogP contribution in [0.25, 0.3) is 0 Å². The number of amides is 1. The number of benzene rings is 1. The number of hydrogen-bond donors (Lipinski definition) is 1. The van der Waals surface area contributed by atoms with Crippen LogP contribution in [0, 0.1) is 6.92 Å². The Morgan fingerprint density at radius 1 is 1.38 bits per heavy atom. The van der Waals surface area contributed by atoms with Crippen molar-refractivity contribution in [1.29, 1.82) is 0 Å². The van der Waals surface area contributed by atoms with Gasteiger partial charge in [-0.3, -0.25) is 9.48 Å². The van der Waals surface area contributed by atoms with Crippen molar-refractivity contribution in [2.45, 2.75) is 27.1 Å². The standard InChI is InChI=1S/C17H17BrClN5O2/c1-3-24-11(2)15(9-20-24)21-17(25)14-6-7-23(22-14)10-26-16-5-4-12(18)8-13(16)19/h4-9H,3,10H2,1-2H3,(H,21,25). The number of nitrogens with one attached hydrogen (secondary N) is 1. The maximum Gasteiger partial charge on any atom is 0.276 e. The van der Waals surface area contributed by atoms with E-state index in [-0.39, 0.29) is 12.6 Å². The molecular formula is C17H17BrClN5O2. The topological polar surface area (TPSA) is 74.0 Å². The molecule has 1 N–H and O–H groups in total. The molecule has 3 rings (SSSR count). The van der Waals surface area contributed by atoms with Crippen LogP contribution in [0.1, 0.15) is 23.1 Å². The van der Waals surface area contributed by atoms with Crippen molar-refractivity contribution in [3.8, 4) is 5.75 Å². The van der Waals surface area contributed by atoms with Gasteiger partial charge in [0.25, 0.3) is 5.91 Å². The Morgan fingerprint density at radius 2 is 2.19 bits per heavy atom. The number of nitrogens with zero attached hydrogens (tertiary/aromatic N) is 4. The van der Waals surface area contributed by atoms with Crippen LogP contribution in [0.15, 0.2) is 41.1 Å². The zero-order valence-electron chi connectivity index (χ0n) is 14.2. The van der Waals surface area contributed by atoms with E-state index < -0.39 is 0 Å². The number of aromatic nitrogens is 4. The highest BCUT2D eigenvalue weighted by Gasteiger charge is 2.13. The van der Waals surface area contributed by atoms with Gasteiger partial charge in [-0.25, -0.2) is 4.68 Å². The van der Waals surface area contributed by atoms with Crippen molar-refractivity contribution >= 4 is 39.1 Å². The molecule has 1 amide bonds. The lowest BCUT2D eigenvalue weighted by atomic mass is 10.3. The van der Waals surface area contributed by atoms with E-state index in [1.807, 2.05) is 24.6 Å². The lowest BCUT2D eigenvalue weighted by Crippen LogP contribution is -2.15. The first-order chi connectivity index (χ1) is 12.5. The smallest absolute Gasteiger partial charge is 0.276 e. The Hall–Kier alpha value is -2.32. The first kappa shape index (κ1) is 18.5. The summed E-state index contributed by atoms with van der Waals surface area (Å²) in [6.07, 6.45) is 3.30. The number of hydrogen-bond acceptors (Lipinski definition) is 4. The Morgan fingerprint density at radius 3 is 2.88 bits per heavy atom. The third-order valence-electron chi connectivity index (χ3n) is 3.77. The number of rotatable bonds is 6. The summed E-state index contributed by atoms with van der Waals surface area (Å²) in [5.41, 5.74) is 1.86. The second-order valence-corrected chi connectivity index (χ2v) is 6.83.